The van der Waals surface area contributed by atoms with E-state index in [1.807, 2.05) is 6.92 Å². The van der Waals surface area contributed by atoms with Crippen LogP contribution in [0.1, 0.15) is 40.2 Å². The number of hydrogen-bond acceptors (Lipinski definition) is 7. The number of hydrogen-bond donors (Lipinski definition) is 0. The third-order valence-electron chi connectivity index (χ3n) is 7.28. The van der Waals surface area contributed by atoms with Crippen LogP contribution in [0.4, 0.5) is 5.69 Å². The van der Waals surface area contributed by atoms with Crippen molar-refractivity contribution in [3.8, 4) is 0 Å². The van der Waals surface area contributed by atoms with Gasteiger partial charge in [-0.2, -0.15) is 0 Å². The van der Waals surface area contributed by atoms with Gasteiger partial charge in [-0.1, -0.05) is 27.7 Å². The van der Waals surface area contributed by atoms with E-state index in [4.69, 9.17) is 9.16 Å². The van der Waals surface area contributed by atoms with Gasteiger partial charge in [0.25, 0.3) is 5.69 Å². The molecule has 180 valence electrons. The number of non-ortho nitro benzene ring substituents is 1. The van der Waals surface area contributed by atoms with Crippen LogP contribution in [0.15, 0.2) is 24.3 Å². The number of Topliss-reactive ketones (excluding diaryl/α,β-unsaturated/α-hetero) is 1. The van der Waals surface area contributed by atoms with Gasteiger partial charge in [0.1, 0.15) is 6.61 Å². The highest BCUT2D eigenvalue weighted by Crippen LogP contribution is 2.46. The summed E-state index contributed by atoms with van der Waals surface area (Å²) in [6, 6.07) is 3.95. The molecule has 3 rings (SSSR count). The molecule has 2 saturated heterocycles. The van der Waals surface area contributed by atoms with Crippen LogP contribution in [0.5, 0.6) is 0 Å². The van der Waals surface area contributed by atoms with Crippen LogP contribution < -0.4 is 0 Å². The van der Waals surface area contributed by atoms with Crippen molar-refractivity contribution < 1.29 is 28.5 Å². The maximum absolute atomic E-state index is 13.0. The van der Waals surface area contributed by atoms with Crippen molar-refractivity contribution in [2.45, 2.75) is 77.5 Å². The zero-order valence-electron chi connectivity index (χ0n) is 20.2. The minimum Gasteiger partial charge on any atom is -0.459 e. The van der Waals surface area contributed by atoms with Gasteiger partial charge in [0.15, 0.2) is 20.1 Å². The molecule has 0 saturated carbocycles. The second-order valence-corrected chi connectivity index (χ2v) is 15.2. The standard InChI is InChI=1S/C23H32N2O7Si/c1-13-18-17(14(2)32-33(6,7)23(3,4)5)21(27)24(18)19(20(13)26)22(28)31-12-15-8-10-16(11-9-15)25(29)30/h8-11,13-14,17-19H,12H2,1-7H3/t13-,14?,17-,18-,19?/m1/s1. The molecule has 1 amide bonds. The van der Waals surface area contributed by atoms with Crippen LogP contribution in [0, 0.1) is 22.0 Å². The Labute approximate surface area is 194 Å². The SMILES string of the molecule is CC(O[Si](C)(C)C(C)(C)C)[C@H]1C(=O)N2C(C(=O)OCc3ccc([N+](=O)[O-])cc3)C(=O)[C@H](C)[C@H]12. The third kappa shape index (κ3) is 4.46. The molecule has 0 N–H and O–H groups in total. The lowest BCUT2D eigenvalue weighted by atomic mass is 9.79. The molecule has 2 aliphatic rings. The van der Waals surface area contributed by atoms with Crippen molar-refractivity contribution in [2.75, 3.05) is 0 Å². The number of rotatable bonds is 7. The Morgan fingerprint density at radius 2 is 1.79 bits per heavy atom. The lowest BCUT2D eigenvalue weighted by Crippen LogP contribution is -2.67. The Balaban J connectivity index is 1.68. The van der Waals surface area contributed by atoms with E-state index < -0.39 is 37.1 Å². The lowest BCUT2D eigenvalue weighted by molar-refractivity contribution is -0.384. The highest BCUT2D eigenvalue weighted by Gasteiger charge is 2.65. The second kappa shape index (κ2) is 8.64. The van der Waals surface area contributed by atoms with E-state index in [0.717, 1.165) is 0 Å². The van der Waals surface area contributed by atoms with Gasteiger partial charge in [0.05, 0.1) is 23.0 Å². The fourth-order valence-corrected chi connectivity index (χ4v) is 5.76. The van der Waals surface area contributed by atoms with Crippen molar-refractivity contribution in [3.63, 3.8) is 0 Å². The molecule has 0 radical (unpaired) electrons. The molecule has 0 spiro atoms. The fourth-order valence-electron chi connectivity index (χ4n) is 4.33. The van der Waals surface area contributed by atoms with Crippen molar-refractivity contribution in [1.82, 2.24) is 4.90 Å². The first-order chi connectivity index (χ1) is 15.2. The van der Waals surface area contributed by atoms with Gasteiger partial charge in [-0.25, -0.2) is 4.79 Å². The van der Waals surface area contributed by atoms with Gasteiger partial charge in [-0.05, 0) is 42.8 Å². The van der Waals surface area contributed by atoms with E-state index >= 15 is 0 Å². The Morgan fingerprint density at radius 3 is 2.30 bits per heavy atom. The summed E-state index contributed by atoms with van der Waals surface area (Å²) in [7, 11) is -2.12. The smallest absolute Gasteiger partial charge is 0.337 e. The number of nitro groups is 1. The minimum atomic E-state index is -2.12. The Kier molecular flexibility index (Phi) is 6.56. The summed E-state index contributed by atoms with van der Waals surface area (Å²) in [5.74, 6) is -2.33. The molecule has 2 aliphatic heterocycles. The van der Waals surface area contributed by atoms with Crippen LogP contribution >= 0.6 is 0 Å². The summed E-state index contributed by atoms with van der Waals surface area (Å²) >= 11 is 0. The molecule has 9 nitrogen and oxygen atoms in total. The van der Waals surface area contributed by atoms with Gasteiger partial charge >= 0.3 is 5.97 Å². The topological polar surface area (TPSA) is 116 Å². The number of nitro benzene ring substituents is 1. The largest absolute Gasteiger partial charge is 0.459 e. The number of amides is 1. The van der Waals surface area contributed by atoms with E-state index in [0.29, 0.717) is 5.56 Å². The average Bonchev–Trinajstić information content (AvgIpc) is 2.93. The van der Waals surface area contributed by atoms with E-state index in [9.17, 15) is 24.5 Å². The van der Waals surface area contributed by atoms with Crippen LogP contribution in [0.2, 0.25) is 18.1 Å². The maximum Gasteiger partial charge on any atom is 0.337 e. The van der Waals surface area contributed by atoms with Crippen molar-refractivity contribution in [2.24, 2.45) is 11.8 Å². The highest BCUT2D eigenvalue weighted by molar-refractivity contribution is 6.74. The number of ether oxygens (including phenoxy) is 1. The molecule has 0 bridgehead atoms. The predicted molar refractivity (Wildman–Crippen MR) is 123 cm³/mol. The molecule has 0 aliphatic carbocycles. The first-order valence-electron chi connectivity index (χ1n) is 11.1. The minimum absolute atomic E-state index is 0.0188. The maximum atomic E-state index is 13.0. The monoisotopic (exact) mass is 476 g/mol. The number of fused-ring (bicyclic) bond motifs is 1. The molecular weight excluding hydrogens is 444 g/mol. The quantitative estimate of drug-likeness (QED) is 0.148. The summed E-state index contributed by atoms with van der Waals surface area (Å²) in [5, 5.41) is 10.7. The van der Waals surface area contributed by atoms with E-state index in [2.05, 4.69) is 33.9 Å². The van der Waals surface area contributed by atoms with Gasteiger partial charge < -0.3 is 14.1 Å². The molecular formula is C23H32N2O7Si. The summed E-state index contributed by atoms with van der Waals surface area (Å²) in [4.78, 5) is 50.3. The van der Waals surface area contributed by atoms with Crippen molar-refractivity contribution in [3.05, 3.63) is 39.9 Å². The van der Waals surface area contributed by atoms with Crippen LogP contribution in [-0.4, -0.2) is 54.0 Å². The second-order valence-electron chi connectivity index (χ2n) is 10.5. The van der Waals surface area contributed by atoms with Crippen LogP contribution in [0.3, 0.4) is 0 Å². The molecule has 33 heavy (non-hydrogen) atoms. The Bertz CT molecular complexity index is 970. The lowest BCUT2D eigenvalue weighted by Gasteiger charge is -2.50. The molecule has 5 atom stereocenters. The molecule has 10 heteroatoms. The molecule has 2 unspecified atom stereocenters. The fraction of sp³-hybridized carbons (Fsp3) is 0.609. The van der Waals surface area contributed by atoms with E-state index in [-0.39, 0.29) is 41.2 Å². The zero-order valence-corrected chi connectivity index (χ0v) is 21.2. The summed E-state index contributed by atoms with van der Waals surface area (Å²) < 4.78 is 11.7. The van der Waals surface area contributed by atoms with Gasteiger partial charge in [-0.3, -0.25) is 19.7 Å². The van der Waals surface area contributed by atoms with Gasteiger partial charge in [0, 0.05) is 18.1 Å². The number of carbonyl (C=O) groups is 3. The molecule has 1 aromatic rings. The molecule has 1 aromatic carbocycles. The number of nitrogens with zero attached hydrogens (tertiary/aromatic N) is 2. The van der Waals surface area contributed by atoms with Crippen molar-refractivity contribution in [1.29, 1.82) is 0 Å². The van der Waals surface area contributed by atoms with E-state index in [1.165, 1.54) is 29.2 Å². The highest BCUT2D eigenvalue weighted by atomic mass is 28.4. The van der Waals surface area contributed by atoms with Crippen LogP contribution in [-0.2, 0) is 30.2 Å². The van der Waals surface area contributed by atoms with Crippen molar-refractivity contribution >= 4 is 31.7 Å². The zero-order chi connectivity index (χ0) is 24.9. The Morgan fingerprint density at radius 1 is 1.21 bits per heavy atom. The van der Waals surface area contributed by atoms with Gasteiger partial charge in [0.2, 0.25) is 5.91 Å². The number of carbonyl (C=O) groups excluding carboxylic acids is 3. The summed E-state index contributed by atoms with van der Waals surface area (Å²) in [6.45, 7) is 14.1. The number of benzene rings is 1. The Hall–Kier alpha value is -2.59. The average molecular weight is 477 g/mol. The predicted octanol–water partition coefficient (Wildman–Crippen LogP) is 3.46. The molecule has 0 aromatic heterocycles. The summed E-state index contributed by atoms with van der Waals surface area (Å²) in [5.41, 5.74) is 0.479. The van der Waals surface area contributed by atoms with Gasteiger partial charge in [-0.15, -0.1) is 0 Å². The van der Waals surface area contributed by atoms with Crippen LogP contribution in [0.25, 0.3) is 0 Å². The first kappa shape index (κ1) is 25.0. The normalized spacial score (nSPS) is 26.0. The summed E-state index contributed by atoms with van der Waals surface area (Å²) in [6.07, 6.45) is -0.357. The number of ketones is 1. The molecule has 2 heterocycles. The number of β-lactam (4-membered cyclic amide) rings is 1. The number of esters is 1. The first-order valence-corrected chi connectivity index (χ1v) is 14.0. The molecule has 2 fully saturated rings. The third-order valence-corrected chi connectivity index (χ3v) is 11.9. The van der Waals surface area contributed by atoms with E-state index in [1.54, 1.807) is 6.92 Å².